The average Bonchev–Trinajstić information content (AvgIpc) is 2.33. The van der Waals surface area contributed by atoms with Gasteiger partial charge in [-0.2, -0.15) is 0 Å². The minimum absolute atomic E-state index is 0.338. The van der Waals surface area contributed by atoms with Crippen molar-refractivity contribution in [3.8, 4) is 5.75 Å². The van der Waals surface area contributed by atoms with Crippen molar-refractivity contribution in [2.24, 2.45) is 5.73 Å². The summed E-state index contributed by atoms with van der Waals surface area (Å²) in [5, 5.41) is 9.44. The Bertz CT molecular complexity index is 446. The van der Waals surface area contributed by atoms with E-state index in [2.05, 4.69) is 0 Å². The third-order valence-electron chi connectivity index (χ3n) is 2.64. The molecule has 0 heterocycles. The van der Waals surface area contributed by atoms with Crippen LogP contribution in [0, 0.1) is 13.8 Å². The number of nitrogens with two attached hydrogens (primary N) is 1. The molecule has 1 aromatic rings. The molecule has 0 saturated heterocycles. The van der Waals surface area contributed by atoms with E-state index in [1.54, 1.807) is 13.0 Å². The number of carbonyl (C=O) groups excluding carboxylic acids is 1. The van der Waals surface area contributed by atoms with E-state index in [1.807, 2.05) is 6.92 Å². The number of benzene rings is 1. The summed E-state index contributed by atoms with van der Waals surface area (Å²) in [6, 6.07) is 0.730. The Morgan fingerprint density at radius 3 is 2.65 bits per heavy atom. The van der Waals surface area contributed by atoms with E-state index in [1.165, 1.54) is 7.11 Å². The highest BCUT2D eigenvalue weighted by atomic mass is 35.5. The van der Waals surface area contributed by atoms with Gasteiger partial charge in [0, 0.05) is 5.02 Å². The third kappa shape index (κ3) is 2.60. The molecule has 0 saturated carbocycles. The molecule has 0 spiro atoms. The second kappa shape index (κ2) is 5.49. The van der Waals surface area contributed by atoms with Crippen LogP contribution in [0.15, 0.2) is 6.07 Å². The molecule has 0 aromatic heterocycles. The Morgan fingerprint density at radius 2 is 2.18 bits per heavy atom. The number of rotatable bonds is 4. The number of aliphatic hydroxyl groups is 1. The molecule has 94 valence electrons. The summed E-state index contributed by atoms with van der Waals surface area (Å²) in [6.07, 6.45) is 0. The maximum Gasteiger partial charge on any atom is 0.185 e. The summed E-state index contributed by atoms with van der Waals surface area (Å²) >= 11 is 6.09. The summed E-state index contributed by atoms with van der Waals surface area (Å²) in [4.78, 5) is 12.0. The second-order valence-corrected chi connectivity index (χ2v) is 4.24. The average molecular weight is 258 g/mol. The van der Waals surface area contributed by atoms with Crippen molar-refractivity contribution in [2.45, 2.75) is 19.9 Å². The van der Waals surface area contributed by atoms with Gasteiger partial charge in [-0.25, -0.2) is 0 Å². The van der Waals surface area contributed by atoms with Crippen LogP contribution in [0.5, 0.6) is 5.75 Å². The fraction of sp³-hybridized carbons (Fsp3) is 0.417. The van der Waals surface area contributed by atoms with E-state index in [4.69, 9.17) is 27.2 Å². The number of hydrogen-bond donors (Lipinski definition) is 2. The molecule has 0 bridgehead atoms. The Morgan fingerprint density at radius 1 is 1.59 bits per heavy atom. The van der Waals surface area contributed by atoms with Crippen LogP contribution in [0.2, 0.25) is 5.02 Å². The number of ketones is 1. The molecule has 4 nitrogen and oxygen atoms in total. The standard InChI is InChI=1S/C12H16ClNO3/c1-6-4-9(17-3)10(7(2)11(6)13)12(16)8(14)5-15/h4,8,15H,5,14H2,1-3H3. The van der Waals surface area contributed by atoms with E-state index < -0.39 is 12.6 Å². The van der Waals surface area contributed by atoms with Crippen molar-refractivity contribution in [3.63, 3.8) is 0 Å². The van der Waals surface area contributed by atoms with Crippen molar-refractivity contribution in [3.05, 3.63) is 27.8 Å². The van der Waals surface area contributed by atoms with Crippen LogP contribution in [-0.2, 0) is 0 Å². The first-order valence-electron chi connectivity index (χ1n) is 5.18. The van der Waals surface area contributed by atoms with Gasteiger partial charge in [-0.1, -0.05) is 11.6 Å². The van der Waals surface area contributed by atoms with Gasteiger partial charge in [0.2, 0.25) is 0 Å². The number of aliphatic hydroxyl groups excluding tert-OH is 1. The van der Waals surface area contributed by atoms with Gasteiger partial charge in [0.1, 0.15) is 5.75 Å². The fourth-order valence-corrected chi connectivity index (χ4v) is 1.81. The largest absolute Gasteiger partial charge is 0.496 e. The SMILES string of the molecule is COc1cc(C)c(Cl)c(C)c1C(=O)C(N)CO. The van der Waals surface area contributed by atoms with Gasteiger partial charge in [0.25, 0.3) is 0 Å². The summed E-state index contributed by atoms with van der Waals surface area (Å²) in [5.74, 6) is 0.0575. The fourth-order valence-electron chi connectivity index (χ4n) is 1.66. The molecule has 0 aliphatic rings. The lowest BCUT2D eigenvalue weighted by molar-refractivity contribution is 0.0921. The van der Waals surface area contributed by atoms with Gasteiger partial charge in [0.05, 0.1) is 25.3 Å². The Hall–Kier alpha value is -1.10. The molecular formula is C12H16ClNO3. The maximum absolute atomic E-state index is 12.0. The molecule has 17 heavy (non-hydrogen) atoms. The van der Waals surface area contributed by atoms with Gasteiger partial charge in [-0.15, -0.1) is 0 Å². The van der Waals surface area contributed by atoms with Crippen LogP contribution >= 0.6 is 11.6 Å². The van der Waals surface area contributed by atoms with Crippen LogP contribution in [0.25, 0.3) is 0 Å². The van der Waals surface area contributed by atoms with Crippen molar-refractivity contribution < 1.29 is 14.6 Å². The van der Waals surface area contributed by atoms with E-state index in [0.29, 0.717) is 21.9 Å². The van der Waals surface area contributed by atoms with Crippen molar-refractivity contribution in [2.75, 3.05) is 13.7 Å². The number of carbonyl (C=O) groups is 1. The van der Waals surface area contributed by atoms with Crippen LogP contribution in [0.4, 0.5) is 0 Å². The predicted octanol–water partition coefficient (Wildman–Crippen LogP) is 1.47. The number of methoxy groups -OCH3 is 1. The van der Waals surface area contributed by atoms with Crippen molar-refractivity contribution in [1.29, 1.82) is 0 Å². The van der Waals surface area contributed by atoms with E-state index >= 15 is 0 Å². The van der Waals surface area contributed by atoms with Gasteiger partial charge in [0.15, 0.2) is 5.78 Å². The monoisotopic (exact) mass is 257 g/mol. The van der Waals surface area contributed by atoms with Gasteiger partial charge in [-0.05, 0) is 31.0 Å². The van der Waals surface area contributed by atoms with Gasteiger partial charge >= 0.3 is 0 Å². The first-order valence-corrected chi connectivity index (χ1v) is 5.56. The molecule has 1 atom stereocenters. The number of aryl methyl sites for hydroxylation is 1. The van der Waals surface area contributed by atoms with Crippen LogP contribution in [-0.4, -0.2) is 30.6 Å². The number of Topliss-reactive ketones (excluding diaryl/α,β-unsaturated/α-hetero) is 1. The highest BCUT2D eigenvalue weighted by molar-refractivity contribution is 6.32. The van der Waals surface area contributed by atoms with Crippen LogP contribution < -0.4 is 10.5 Å². The molecule has 0 amide bonds. The lowest BCUT2D eigenvalue weighted by atomic mass is 9.97. The molecular weight excluding hydrogens is 242 g/mol. The van der Waals surface area contributed by atoms with E-state index in [0.717, 1.165) is 5.56 Å². The normalized spacial score (nSPS) is 12.4. The minimum Gasteiger partial charge on any atom is -0.496 e. The Labute approximate surface area is 105 Å². The van der Waals surface area contributed by atoms with Crippen LogP contribution in [0.3, 0.4) is 0 Å². The maximum atomic E-state index is 12.0. The molecule has 1 rings (SSSR count). The summed E-state index contributed by atoms with van der Waals surface area (Å²) < 4.78 is 5.16. The summed E-state index contributed by atoms with van der Waals surface area (Å²) in [6.45, 7) is 3.15. The zero-order valence-corrected chi connectivity index (χ0v) is 10.8. The molecule has 0 aliphatic heterocycles. The topological polar surface area (TPSA) is 72.5 Å². The molecule has 1 aromatic carbocycles. The smallest absolute Gasteiger partial charge is 0.185 e. The highest BCUT2D eigenvalue weighted by Crippen LogP contribution is 2.32. The Kier molecular flexibility index (Phi) is 4.51. The number of ether oxygens (including phenoxy) is 1. The first kappa shape index (κ1) is 14.0. The predicted molar refractivity (Wildman–Crippen MR) is 66.9 cm³/mol. The quantitative estimate of drug-likeness (QED) is 0.801. The van der Waals surface area contributed by atoms with Gasteiger partial charge < -0.3 is 15.6 Å². The summed E-state index contributed by atoms with van der Waals surface area (Å²) in [7, 11) is 1.48. The van der Waals surface area contributed by atoms with Crippen molar-refractivity contribution >= 4 is 17.4 Å². The van der Waals surface area contributed by atoms with Crippen molar-refractivity contribution in [1.82, 2.24) is 0 Å². The zero-order valence-electron chi connectivity index (χ0n) is 10.1. The number of halogens is 1. The first-order chi connectivity index (χ1) is 7.93. The molecule has 0 aliphatic carbocycles. The van der Waals surface area contributed by atoms with E-state index in [9.17, 15) is 4.79 Å². The lowest BCUT2D eigenvalue weighted by Crippen LogP contribution is -2.34. The molecule has 0 radical (unpaired) electrons. The number of hydrogen-bond acceptors (Lipinski definition) is 4. The third-order valence-corrected chi connectivity index (χ3v) is 3.23. The molecule has 1 unspecified atom stereocenters. The lowest BCUT2D eigenvalue weighted by Gasteiger charge is -2.16. The highest BCUT2D eigenvalue weighted by Gasteiger charge is 2.23. The summed E-state index contributed by atoms with van der Waals surface area (Å²) in [5.41, 5.74) is 7.32. The molecule has 3 N–H and O–H groups in total. The molecule has 0 fully saturated rings. The van der Waals surface area contributed by atoms with Crippen LogP contribution in [0.1, 0.15) is 21.5 Å². The zero-order chi connectivity index (χ0) is 13.2. The second-order valence-electron chi connectivity index (χ2n) is 3.86. The minimum atomic E-state index is -0.957. The van der Waals surface area contributed by atoms with Gasteiger partial charge in [-0.3, -0.25) is 4.79 Å². The molecule has 5 heteroatoms. The van der Waals surface area contributed by atoms with E-state index in [-0.39, 0.29) is 5.78 Å². The Balaban J connectivity index is 3.41.